The summed E-state index contributed by atoms with van der Waals surface area (Å²) in [5.41, 5.74) is -0.617. The van der Waals surface area contributed by atoms with Gasteiger partial charge in [-0.25, -0.2) is 0 Å². The molecule has 3 saturated heterocycles. The number of rotatable bonds is 7. The molecule has 1 spiro atoms. The van der Waals surface area contributed by atoms with Crippen molar-refractivity contribution in [2.24, 2.45) is 11.8 Å². The summed E-state index contributed by atoms with van der Waals surface area (Å²) >= 11 is 0. The molecule has 5 heterocycles. The quantitative estimate of drug-likeness (QED) is 0.328. The summed E-state index contributed by atoms with van der Waals surface area (Å²) in [6.07, 6.45) is 6.81. The summed E-state index contributed by atoms with van der Waals surface area (Å²) < 4.78 is 18.0. The van der Waals surface area contributed by atoms with Crippen LogP contribution in [0.25, 0.3) is 0 Å². The minimum Gasteiger partial charge on any atom is -0.455 e. The molecular weight excluding hydrogens is 580 g/mol. The van der Waals surface area contributed by atoms with E-state index >= 15 is 0 Å². The topological polar surface area (TPSA) is 138 Å². The number of benzene rings is 1. The maximum Gasteiger partial charge on any atom is 0.313 e. The number of allylic oxidation sites excluding steroid dienone is 1. The largest absolute Gasteiger partial charge is 0.455 e. The van der Waals surface area contributed by atoms with Gasteiger partial charge in [-0.3, -0.25) is 24.1 Å². The summed E-state index contributed by atoms with van der Waals surface area (Å²) in [6, 6.07) is 8.17. The Bertz CT molecular complexity index is 1310. The number of hydrogen-bond acceptors (Lipinski definition) is 9. The van der Waals surface area contributed by atoms with E-state index in [0.29, 0.717) is 44.8 Å². The molecule has 0 saturated carbocycles. The highest BCUT2D eigenvalue weighted by Crippen LogP contribution is 2.55. The number of carbonyl (C=O) groups excluding carboxylic acids is 4. The van der Waals surface area contributed by atoms with Crippen molar-refractivity contribution in [1.82, 2.24) is 20.0 Å². The van der Waals surface area contributed by atoms with Gasteiger partial charge in [0.15, 0.2) is 0 Å². The maximum atomic E-state index is 14.6. The number of morpholine rings is 1. The van der Waals surface area contributed by atoms with Gasteiger partial charge in [0.1, 0.15) is 23.7 Å². The van der Waals surface area contributed by atoms with Crippen molar-refractivity contribution in [2.75, 3.05) is 65.6 Å². The van der Waals surface area contributed by atoms with Crippen LogP contribution >= 0.6 is 0 Å². The van der Waals surface area contributed by atoms with E-state index in [-0.39, 0.29) is 50.3 Å². The molecule has 3 amide bonds. The van der Waals surface area contributed by atoms with E-state index in [1.807, 2.05) is 42.5 Å². The molecule has 12 heteroatoms. The third-order valence-corrected chi connectivity index (χ3v) is 9.48. The van der Waals surface area contributed by atoms with Crippen molar-refractivity contribution in [1.29, 1.82) is 0 Å². The molecule has 0 aromatic heterocycles. The van der Waals surface area contributed by atoms with Gasteiger partial charge in [0, 0.05) is 52.3 Å². The maximum absolute atomic E-state index is 14.6. The first-order valence-corrected chi connectivity index (χ1v) is 16.0. The van der Waals surface area contributed by atoms with Crippen molar-refractivity contribution in [3.05, 3.63) is 60.2 Å². The van der Waals surface area contributed by atoms with Crippen molar-refractivity contribution < 1.29 is 38.5 Å². The van der Waals surface area contributed by atoms with Gasteiger partial charge < -0.3 is 34.4 Å². The fraction of sp³-hybridized carbons (Fsp3) is 0.576. The number of nitrogens with one attached hydrogen (secondary N) is 1. The first-order valence-electron chi connectivity index (χ1n) is 16.0. The Kier molecular flexibility index (Phi) is 9.64. The second-order valence-corrected chi connectivity index (χ2v) is 12.2. The Morgan fingerprint density at radius 2 is 1.78 bits per heavy atom. The van der Waals surface area contributed by atoms with E-state index in [9.17, 15) is 24.3 Å². The van der Waals surface area contributed by atoms with Gasteiger partial charge in [0.05, 0.1) is 31.8 Å². The molecule has 6 rings (SSSR count). The molecule has 2 N–H and O–H groups in total. The number of fused-ring (bicyclic) bond motifs is 2. The number of hydrogen-bond donors (Lipinski definition) is 2. The van der Waals surface area contributed by atoms with Gasteiger partial charge in [0.25, 0.3) is 0 Å². The molecule has 0 radical (unpaired) electrons. The van der Waals surface area contributed by atoms with Crippen LogP contribution in [0.5, 0.6) is 0 Å². The average molecular weight is 623 g/mol. The zero-order chi connectivity index (χ0) is 31.4. The zero-order valence-electron chi connectivity index (χ0n) is 25.4. The van der Waals surface area contributed by atoms with Crippen LogP contribution < -0.4 is 5.32 Å². The van der Waals surface area contributed by atoms with E-state index in [1.165, 1.54) is 4.90 Å². The molecule has 1 aromatic carbocycles. The van der Waals surface area contributed by atoms with Crippen LogP contribution in [0.4, 0.5) is 0 Å². The zero-order valence-corrected chi connectivity index (χ0v) is 25.4. The highest BCUT2D eigenvalue weighted by Gasteiger charge is 2.73. The van der Waals surface area contributed by atoms with Crippen LogP contribution in [-0.2, 0) is 33.4 Å². The third-order valence-electron chi connectivity index (χ3n) is 9.48. The number of nitrogens with zero attached hydrogens (tertiary/aromatic N) is 3. The lowest BCUT2D eigenvalue weighted by atomic mass is 9.74. The van der Waals surface area contributed by atoms with Gasteiger partial charge in [-0.15, -0.1) is 0 Å². The molecule has 0 aliphatic carbocycles. The SMILES string of the molecule is O=C1CC/C=C\CN(CCN2CCOCC2)C(=O)[C@H]2N(CCCO)C(=O)[C@@H]3[C@@H](C(=O)O[C@@H](c4ccccc4)CN1)[C@H]1C=C[C@]32O1. The molecule has 3 fully saturated rings. The van der Waals surface area contributed by atoms with Gasteiger partial charge in [-0.05, 0) is 18.4 Å². The minimum absolute atomic E-state index is 0.0786. The number of carbonyl (C=O) groups is 4. The second kappa shape index (κ2) is 13.8. The normalized spacial score (nSPS) is 33.3. The third kappa shape index (κ3) is 6.29. The first-order chi connectivity index (χ1) is 21.9. The standard InChI is InChI=1S/C33H42N4O8/c38-19-7-14-37-29-31(41)36(16-15-35-17-20-43-21-18-35)13-6-2-5-10-26(39)34-22-25(23-8-3-1-4-9-23)44-32(42)27-24-11-12-33(29,45-24)28(27)30(37)40/h1-4,6,8-9,11-12,24-25,27-29,38H,5,7,10,13-22H2,(H,34,39)/b6-2-/t24-,25-,27+,28+,29-,33+/m1/s1. The van der Waals surface area contributed by atoms with Crippen LogP contribution in [0.2, 0.25) is 0 Å². The van der Waals surface area contributed by atoms with E-state index in [2.05, 4.69) is 10.2 Å². The summed E-state index contributed by atoms with van der Waals surface area (Å²) in [5, 5.41) is 12.6. The van der Waals surface area contributed by atoms with Crippen LogP contribution in [0, 0.1) is 11.8 Å². The Balaban J connectivity index is 1.34. The molecule has 1 aromatic rings. The lowest BCUT2D eigenvalue weighted by Gasteiger charge is -2.37. The number of amides is 3. The number of aliphatic hydroxyl groups excluding tert-OH is 1. The van der Waals surface area contributed by atoms with Gasteiger partial charge >= 0.3 is 5.97 Å². The van der Waals surface area contributed by atoms with Crippen molar-refractivity contribution in [3.8, 4) is 0 Å². The predicted octanol–water partition coefficient (Wildman–Crippen LogP) is 0.431. The van der Waals surface area contributed by atoms with Gasteiger partial charge in [0.2, 0.25) is 17.7 Å². The van der Waals surface area contributed by atoms with Gasteiger partial charge in [-0.1, -0.05) is 54.6 Å². The smallest absolute Gasteiger partial charge is 0.313 e. The van der Waals surface area contributed by atoms with Crippen LogP contribution in [0.15, 0.2) is 54.6 Å². The molecule has 5 bridgehead atoms. The molecule has 242 valence electrons. The summed E-state index contributed by atoms with van der Waals surface area (Å²) in [6.45, 7) is 4.23. The molecule has 6 atom stereocenters. The Morgan fingerprint density at radius 1 is 0.978 bits per heavy atom. The monoisotopic (exact) mass is 622 g/mol. The van der Waals surface area contributed by atoms with Crippen molar-refractivity contribution in [2.45, 2.75) is 43.1 Å². The molecule has 0 unspecified atom stereocenters. The number of ether oxygens (including phenoxy) is 3. The highest BCUT2D eigenvalue weighted by molar-refractivity contribution is 5.99. The Morgan fingerprint density at radius 3 is 2.56 bits per heavy atom. The van der Waals surface area contributed by atoms with Crippen molar-refractivity contribution in [3.63, 3.8) is 0 Å². The molecule has 5 aliphatic heterocycles. The van der Waals surface area contributed by atoms with Crippen LogP contribution in [0.1, 0.15) is 30.9 Å². The lowest BCUT2D eigenvalue weighted by Crippen LogP contribution is -2.57. The minimum atomic E-state index is -1.33. The number of cyclic esters (lactones) is 1. The average Bonchev–Trinajstić information content (AvgIpc) is 3.70. The summed E-state index contributed by atoms with van der Waals surface area (Å²) in [7, 11) is 0. The lowest BCUT2D eigenvalue weighted by molar-refractivity contribution is -0.159. The van der Waals surface area contributed by atoms with E-state index in [0.717, 1.165) is 13.1 Å². The van der Waals surface area contributed by atoms with Gasteiger partial charge in [-0.2, -0.15) is 0 Å². The number of esters is 1. The van der Waals surface area contributed by atoms with Crippen LogP contribution in [0.3, 0.4) is 0 Å². The number of likely N-dealkylation sites (tertiary alicyclic amines) is 1. The Hall–Kier alpha value is -3.58. The second-order valence-electron chi connectivity index (χ2n) is 12.2. The van der Waals surface area contributed by atoms with Crippen LogP contribution in [-0.4, -0.2) is 127 Å². The fourth-order valence-corrected chi connectivity index (χ4v) is 7.19. The van der Waals surface area contributed by atoms with E-state index in [1.54, 1.807) is 17.1 Å². The molecule has 45 heavy (non-hydrogen) atoms. The number of aliphatic hydroxyl groups is 1. The van der Waals surface area contributed by atoms with E-state index in [4.69, 9.17) is 14.2 Å². The predicted molar refractivity (Wildman–Crippen MR) is 161 cm³/mol. The Labute approximate surface area is 262 Å². The summed E-state index contributed by atoms with van der Waals surface area (Å²) in [4.78, 5) is 60.9. The van der Waals surface area contributed by atoms with Crippen molar-refractivity contribution >= 4 is 23.7 Å². The molecule has 5 aliphatic rings. The van der Waals surface area contributed by atoms with E-state index < -0.39 is 41.7 Å². The fourth-order valence-electron chi connectivity index (χ4n) is 7.19. The molecular formula is C33H42N4O8. The highest BCUT2D eigenvalue weighted by atomic mass is 16.6. The summed E-state index contributed by atoms with van der Waals surface area (Å²) in [5.74, 6) is -3.34. The molecule has 12 nitrogen and oxygen atoms in total. The first kappa shape index (κ1) is 31.4.